The number of aromatic amines is 1. The zero-order chi connectivity index (χ0) is 38.5. The monoisotopic (exact) mass is 732 g/mol. The second-order valence-electron chi connectivity index (χ2n) is 15.3. The van der Waals surface area contributed by atoms with Crippen molar-refractivity contribution in [1.29, 1.82) is 0 Å². The molecule has 2 nitrogen and oxygen atoms in total. The van der Waals surface area contributed by atoms with Gasteiger partial charge in [0, 0.05) is 33.7 Å². The molecule has 0 saturated heterocycles. The number of hydrogen-bond donors (Lipinski definition) is 1. The Morgan fingerprint density at radius 2 is 1.23 bits per heavy atom. The molecule has 9 aromatic rings. The zero-order valence-corrected chi connectivity index (χ0v) is 32.7. The lowest BCUT2D eigenvalue weighted by molar-refractivity contribution is 1.14. The normalized spacial score (nSPS) is 12.3. The number of benzene rings is 8. The summed E-state index contributed by atoms with van der Waals surface area (Å²) in [6.07, 6.45) is 10.6. The molecular formula is C55H44N2. The molecule has 0 amide bonds. The molecular weight excluding hydrogens is 689 g/mol. The van der Waals surface area contributed by atoms with Crippen LogP contribution < -0.4 is 4.90 Å². The van der Waals surface area contributed by atoms with Crippen molar-refractivity contribution in [1.82, 2.24) is 4.98 Å². The van der Waals surface area contributed by atoms with E-state index in [1.54, 1.807) is 0 Å². The van der Waals surface area contributed by atoms with E-state index < -0.39 is 0 Å². The highest BCUT2D eigenvalue weighted by atomic mass is 15.1. The van der Waals surface area contributed by atoms with Crippen LogP contribution >= 0.6 is 0 Å². The average molecular weight is 733 g/mol. The zero-order valence-electron chi connectivity index (χ0n) is 32.7. The van der Waals surface area contributed by atoms with Gasteiger partial charge in [0.2, 0.25) is 0 Å². The van der Waals surface area contributed by atoms with E-state index in [0.29, 0.717) is 0 Å². The summed E-state index contributed by atoms with van der Waals surface area (Å²) in [4.78, 5) is 6.11. The first-order chi connectivity index (χ1) is 28.1. The highest BCUT2D eigenvalue weighted by Gasteiger charge is 2.21. The van der Waals surface area contributed by atoms with E-state index in [-0.39, 0.29) is 0 Å². The fraction of sp³-hybridized carbons (Fsp3) is 0.0909. The van der Waals surface area contributed by atoms with Gasteiger partial charge >= 0.3 is 0 Å². The molecule has 2 heteroatoms. The highest BCUT2D eigenvalue weighted by Crippen LogP contribution is 2.46. The quantitative estimate of drug-likeness (QED) is 0.162. The third kappa shape index (κ3) is 6.06. The van der Waals surface area contributed by atoms with Crippen LogP contribution in [0.25, 0.3) is 71.9 Å². The Kier molecular flexibility index (Phi) is 8.68. The molecule has 1 aliphatic carbocycles. The van der Waals surface area contributed by atoms with Crippen LogP contribution in [0.5, 0.6) is 0 Å². The first-order valence-corrected chi connectivity index (χ1v) is 20.1. The minimum atomic E-state index is 0.894. The van der Waals surface area contributed by atoms with Crippen LogP contribution in [0.1, 0.15) is 34.9 Å². The minimum Gasteiger partial charge on any atom is -0.355 e. The largest absolute Gasteiger partial charge is 0.355 e. The number of rotatable bonds is 7. The molecule has 1 aromatic heterocycles. The fourth-order valence-corrected chi connectivity index (χ4v) is 9.06. The van der Waals surface area contributed by atoms with Crippen molar-refractivity contribution < 1.29 is 0 Å². The molecule has 274 valence electrons. The predicted octanol–water partition coefficient (Wildman–Crippen LogP) is 15.2. The molecule has 0 fully saturated rings. The van der Waals surface area contributed by atoms with Crippen LogP contribution in [0.3, 0.4) is 0 Å². The standard InChI is InChI=1S/C55H44N2/c1-4-38-16-12-14-20-47(38)49-33-42-24-23-41-27-30-44(34-50(41)55(42)54(37(49)3)46-19-13-11-15-36(46)2)57(43-28-25-40(26-29-43)39-17-7-5-8-18-39)45-31-32-53-51(35-45)48-21-9-6-10-22-52(48)56-53/h5-20,22-35,56H,4,21H2,1-3H3. The molecule has 0 saturated carbocycles. The molecule has 8 aromatic carbocycles. The van der Waals surface area contributed by atoms with Gasteiger partial charge in [-0.25, -0.2) is 0 Å². The van der Waals surface area contributed by atoms with E-state index >= 15 is 0 Å². The molecule has 1 aliphatic rings. The number of aryl methyl sites for hydroxylation is 2. The Labute approximate surface area is 335 Å². The van der Waals surface area contributed by atoms with E-state index in [0.717, 1.165) is 35.4 Å². The first-order valence-electron chi connectivity index (χ1n) is 20.1. The van der Waals surface area contributed by atoms with Gasteiger partial charge in [-0.1, -0.05) is 134 Å². The minimum absolute atomic E-state index is 0.894. The SMILES string of the molecule is CCc1ccccc1-c1cc2ccc3ccc(N(c4ccc(-c5ccccc5)cc4)c4ccc5[nH]c6c(c5c4)CC=CC=C6)cc3c2c(-c2ccccc2C)c1C. The van der Waals surface area contributed by atoms with Crippen LogP contribution in [0, 0.1) is 13.8 Å². The van der Waals surface area contributed by atoms with Crippen molar-refractivity contribution in [2.24, 2.45) is 0 Å². The molecule has 0 radical (unpaired) electrons. The van der Waals surface area contributed by atoms with Gasteiger partial charge in [0.1, 0.15) is 0 Å². The number of nitrogens with one attached hydrogen (secondary N) is 1. The van der Waals surface area contributed by atoms with E-state index in [4.69, 9.17) is 0 Å². The van der Waals surface area contributed by atoms with Gasteiger partial charge in [-0.3, -0.25) is 0 Å². The third-order valence-electron chi connectivity index (χ3n) is 12.0. The number of fused-ring (bicyclic) bond motifs is 6. The van der Waals surface area contributed by atoms with Gasteiger partial charge < -0.3 is 9.88 Å². The summed E-state index contributed by atoms with van der Waals surface area (Å²) in [6.45, 7) is 6.82. The number of nitrogens with zero attached hydrogens (tertiary/aromatic N) is 1. The van der Waals surface area contributed by atoms with Crippen LogP contribution in [0.4, 0.5) is 17.1 Å². The van der Waals surface area contributed by atoms with Gasteiger partial charge in [-0.2, -0.15) is 0 Å². The van der Waals surface area contributed by atoms with E-state index in [1.807, 2.05) is 0 Å². The molecule has 0 aliphatic heterocycles. The number of aromatic nitrogens is 1. The molecule has 1 heterocycles. The second kappa shape index (κ2) is 14.3. The lowest BCUT2D eigenvalue weighted by atomic mass is 9.83. The maximum Gasteiger partial charge on any atom is 0.0469 e. The lowest BCUT2D eigenvalue weighted by Gasteiger charge is -2.27. The van der Waals surface area contributed by atoms with Crippen molar-refractivity contribution in [3.05, 3.63) is 204 Å². The Balaban J connectivity index is 1.23. The number of allylic oxidation sites excluding steroid dienone is 3. The Hall–Kier alpha value is -6.90. The van der Waals surface area contributed by atoms with Crippen LogP contribution in [-0.2, 0) is 12.8 Å². The molecule has 0 unspecified atom stereocenters. The van der Waals surface area contributed by atoms with Gasteiger partial charge in [0.05, 0.1) is 0 Å². The predicted molar refractivity (Wildman–Crippen MR) is 245 cm³/mol. The summed E-state index contributed by atoms with van der Waals surface area (Å²) >= 11 is 0. The topological polar surface area (TPSA) is 19.0 Å². The maximum atomic E-state index is 3.68. The van der Waals surface area contributed by atoms with E-state index in [9.17, 15) is 0 Å². The van der Waals surface area contributed by atoms with Crippen LogP contribution in [0.2, 0.25) is 0 Å². The summed E-state index contributed by atoms with van der Waals surface area (Å²) in [6, 6.07) is 58.4. The van der Waals surface area contributed by atoms with Crippen molar-refractivity contribution in [3.8, 4) is 33.4 Å². The Morgan fingerprint density at radius 3 is 2.04 bits per heavy atom. The van der Waals surface area contributed by atoms with Crippen LogP contribution in [-0.4, -0.2) is 4.98 Å². The van der Waals surface area contributed by atoms with Gasteiger partial charge in [-0.15, -0.1) is 0 Å². The average Bonchev–Trinajstić information content (AvgIpc) is 3.43. The number of hydrogen-bond acceptors (Lipinski definition) is 1. The van der Waals surface area contributed by atoms with Crippen molar-refractivity contribution in [3.63, 3.8) is 0 Å². The van der Waals surface area contributed by atoms with E-state index in [1.165, 1.54) is 88.3 Å². The Morgan fingerprint density at radius 1 is 0.561 bits per heavy atom. The molecule has 0 atom stereocenters. The molecule has 57 heavy (non-hydrogen) atoms. The fourth-order valence-electron chi connectivity index (χ4n) is 9.06. The smallest absolute Gasteiger partial charge is 0.0469 e. The van der Waals surface area contributed by atoms with Gasteiger partial charge in [0.15, 0.2) is 0 Å². The molecule has 10 rings (SSSR count). The van der Waals surface area contributed by atoms with Crippen molar-refractivity contribution in [2.45, 2.75) is 33.6 Å². The van der Waals surface area contributed by atoms with Crippen LogP contribution in [0.15, 0.2) is 176 Å². The summed E-state index contributed by atoms with van der Waals surface area (Å²) in [5.74, 6) is 0. The second-order valence-corrected chi connectivity index (χ2v) is 15.3. The maximum absolute atomic E-state index is 3.68. The molecule has 0 spiro atoms. The van der Waals surface area contributed by atoms with Gasteiger partial charge in [0.25, 0.3) is 0 Å². The summed E-state index contributed by atoms with van der Waals surface area (Å²) in [7, 11) is 0. The summed E-state index contributed by atoms with van der Waals surface area (Å²) < 4.78 is 0. The van der Waals surface area contributed by atoms with Crippen molar-refractivity contribution >= 4 is 55.6 Å². The molecule has 1 N–H and O–H groups in total. The summed E-state index contributed by atoms with van der Waals surface area (Å²) in [5, 5.41) is 6.28. The number of anilines is 3. The summed E-state index contributed by atoms with van der Waals surface area (Å²) in [5.41, 5.74) is 18.6. The van der Waals surface area contributed by atoms with E-state index in [2.05, 4.69) is 213 Å². The highest BCUT2D eigenvalue weighted by molar-refractivity contribution is 6.17. The Bertz CT molecular complexity index is 3030. The lowest BCUT2D eigenvalue weighted by Crippen LogP contribution is -2.10. The first kappa shape index (κ1) is 34.6. The number of H-pyrrole nitrogens is 1. The van der Waals surface area contributed by atoms with Crippen molar-refractivity contribution in [2.75, 3.05) is 4.90 Å². The third-order valence-corrected chi connectivity index (χ3v) is 12.0. The molecule has 0 bridgehead atoms. The van der Waals surface area contributed by atoms with Gasteiger partial charge in [-0.05, 0) is 158 Å².